The maximum Gasteiger partial charge on any atom is 0.346 e. The molecule has 11 heteroatoms. The molecule has 0 aliphatic carbocycles. The summed E-state index contributed by atoms with van der Waals surface area (Å²) >= 11 is 1.51. The van der Waals surface area contributed by atoms with E-state index in [0.717, 1.165) is 38.7 Å². The summed E-state index contributed by atoms with van der Waals surface area (Å²) in [6, 6.07) is 15.6. The van der Waals surface area contributed by atoms with Gasteiger partial charge in [0.25, 0.3) is 5.91 Å². The molecule has 0 saturated carbocycles. The van der Waals surface area contributed by atoms with Crippen molar-refractivity contribution in [1.82, 2.24) is 4.98 Å². The van der Waals surface area contributed by atoms with Gasteiger partial charge in [-0.15, -0.1) is 11.3 Å². The molecule has 1 amide bonds. The summed E-state index contributed by atoms with van der Waals surface area (Å²) in [5.41, 5.74) is 0.681. The van der Waals surface area contributed by atoms with Crippen LogP contribution in [0.4, 0.5) is 17.1 Å². The van der Waals surface area contributed by atoms with Crippen LogP contribution in [0.25, 0.3) is 20.8 Å². The average Bonchev–Trinajstić information content (AvgIpc) is 3.22. The first-order valence-electron chi connectivity index (χ1n) is 9.15. The second-order valence-electron chi connectivity index (χ2n) is 6.60. The molecule has 1 aromatic heterocycles. The van der Waals surface area contributed by atoms with Crippen LogP contribution in [0.3, 0.4) is 0 Å². The largest absolute Gasteiger partial charge is 0.497 e. The number of nitrogens with zero attached hydrogens (tertiary/aromatic N) is 3. The monoisotopic (exact) mass is 450 g/mol. The smallest absolute Gasteiger partial charge is 0.346 e. The summed E-state index contributed by atoms with van der Waals surface area (Å²) in [6.07, 6.45) is 0. The number of nitrogens with one attached hydrogen (secondary N) is 1. The van der Waals surface area contributed by atoms with E-state index < -0.39 is 27.1 Å². The minimum Gasteiger partial charge on any atom is -0.497 e. The highest BCUT2D eigenvalue weighted by Gasteiger charge is 2.25. The van der Waals surface area contributed by atoms with Gasteiger partial charge in [-0.2, -0.15) is 0 Å². The summed E-state index contributed by atoms with van der Waals surface area (Å²) in [5, 5.41) is 25.4. The maximum atomic E-state index is 12.5. The Morgan fingerprint density at radius 1 is 0.969 bits per heavy atom. The van der Waals surface area contributed by atoms with E-state index in [4.69, 9.17) is 4.74 Å². The molecule has 160 valence electrons. The van der Waals surface area contributed by atoms with Crippen LogP contribution in [0.2, 0.25) is 0 Å². The fourth-order valence-corrected chi connectivity index (χ4v) is 4.02. The molecule has 4 aromatic rings. The van der Waals surface area contributed by atoms with Crippen molar-refractivity contribution in [2.45, 2.75) is 0 Å². The molecule has 0 saturated heterocycles. The number of hydrogen-bond donors (Lipinski definition) is 1. The topological polar surface area (TPSA) is 138 Å². The number of amides is 1. The molecule has 0 aliphatic heterocycles. The van der Waals surface area contributed by atoms with Crippen molar-refractivity contribution in [3.63, 3.8) is 0 Å². The molecule has 32 heavy (non-hydrogen) atoms. The molecule has 3 aromatic carbocycles. The first-order valence-corrected chi connectivity index (χ1v) is 9.96. The van der Waals surface area contributed by atoms with Gasteiger partial charge in [0.2, 0.25) is 0 Å². The Morgan fingerprint density at radius 3 is 2.34 bits per heavy atom. The molecule has 10 nitrogen and oxygen atoms in total. The molecule has 0 bridgehead atoms. The van der Waals surface area contributed by atoms with Gasteiger partial charge in [0, 0.05) is 28.9 Å². The van der Waals surface area contributed by atoms with Crippen LogP contribution in [0.15, 0.2) is 60.7 Å². The number of carbonyl (C=O) groups is 1. The van der Waals surface area contributed by atoms with E-state index in [2.05, 4.69) is 10.3 Å². The van der Waals surface area contributed by atoms with Crippen molar-refractivity contribution in [3.8, 4) is 16.3 Å². The van der Waals surface area contributed by atoms with Gasteiger partial charge in [-0.1, -0.05) is 0 Å². The number of hydrogen-bond acceptors (Lipinski definition) is 8. The zero-order valence-corrected chi connectivity index (χ0v) is 17.3. The van der Waals surface area contributed by atoms with E-state index in [9.17, 15) is 25.0 Å². The average molecular weight is 450 g/mol. The van der Waals surface area contributed by atoms with Crippen molar-refractivity contribution < 1.29 is 19.4 Å². The lowest BCUT2D eigenvalue weighted by atomic mass is 10.1. The molecule has 0 unspecified atom stereocenters. The quantitative estimate of drug-likeness (QED) is 0.321. The van der Waals surface area contributed by atoms with Gasteiger partial charge >= 0.3 is 11.4 Å². The minimum atomic E-state index is -0.892. The fraction of sp³-hybridized carbons (Fsp3) is 0.0476. The second-order valence-corrected chi connectivity index (χ2v) is 7.63. The maximum absolute atomic E-state index is 12.5. The first kappa shape index (κ1) is 20.9. The predicted octanol–water partition coefficient (Wildman–Crippen LogP) is 5.04. The van der Waals surface area contributed by atoms with Gasteiger partial charge in [-0.05, 0) is 48.5 Å². The Balaban J connectivity index is 1.54. The minimum absolute atomic E-state index is 0.0634. The van der Waals surface area contributed by atoms with Gasteiger partial charge in [0.15, 0.2) is 0 Å². The number of anilines is 1. The van der Waals surface area contributed by atoms with Crippen LogP contribution in [-0.2, 0) is 0 Å². The Labute approximate surface area is 184 Å². The van der Waals surface area contributed by atoms with Crippen LogP contribution in [0.5, 0.6) is 5.75 Å². The number of nitro benzene ring substituents is 2. The number of fused-ring (bicyclic) bond motifs is 1. The Bertz CT molecular complexity index is 1370. The van der Waals surface area contributed by atoms with Crippen molar-refractivity contribution in [2.24, 2.45) is 0 Å². The lowest BCUT2D eigenvalue weighted by molar-refractivity contribution is -0.422. The normalized spacial score (nSPS) is 10.7. The number of methoxy groups -OCH3 is 1. The molecule has 0 spiro atoms. The molecule has 1 N–H and O–H groups in total. The van der Waals surface area contributed by atoms with Crippen LogP contribution >= 0.6 is 11.3 Å². The molecular weight excluding hydrogens is 436 g/mol. The zero-order chi connectivity index (χ0) is 22.8. The van der Waals surface area contributed by atoms with E-state index in [1.165, 1.54) is 17.4 Å². The molecule has 0 fully saturated rings. The first-order chi connectivity index (χ1) is 15.4. The number of rotatable bonds is 6. The van der Waals surface area contributed by atoms with E-state index in [0.29, 0.717) is 5.69 Å². The number of carbonyl (C=O) groups excluding carboxylic acids is 1. The van der Waals surface area contributed by atoms with Crippen LogP contribution in [0.1, 0.15) is 10.4 Å². The van der Waals surface area contributed by atoms with E-state index in [-0.39, 0.29) is 5.56 Å². The van der Waals surface area contributed by atoms with Crippen LogP contribution < -0.4 is 10.1 Å². The van der Waals surface area contributed by atoms with E-state index in [1.54, 1.807) is 31.4 Å². The molecule has 0 atom stereocenters. The molecule has 4 rings (SSSR count). The zero-order valence-electron chi connectivity index (χ0n) is 16.5. The van der Waals surface area contributed by atoms with Crippen molar-refractivity contribution in [1.29, 1.82) is 0 Å². The summed E-state index contributed by atoms with van der Waals surface area (Å²) < 4.78 is 6.22. The lowest BCUT2D eigenvalue weighted by Crippen LogP contribution is -2.12. The van der Waals surface area contributed by atoms with Crippen LogP contribution in [-0.4, -0.2) is 27.8 Å². The molecule has 1 heterocycles. The highest BCUT2D eigenvalue weighted by Crippen LogP contribution is 2.33. The van der Waals surface area contributed by atoms with E-state index >= 15 is 0 Å². The highest BCUT2D eigenvalue weighted by atomic mass is 32.1. The van der Waals surface area contributed by atoms with Crippen molar-refractivity contribution in [2.75, 3.05) is 12.4 Å². The summed E-state index contributed by atoms with van der Waals surface area (Å²) in [5.74, 6) is 0.125. The predicted molar refractivity (Wildman–Crippen MR) is 119 cm³/mol. The van der Waals surface area contributed by atoms with Gasteiger partial charge in [-0.3, -0.25) is 25.0 Å². The third kappa shape index (κ3) is 4.09. The molecule has 0 radical (unpaired) electrons. The lowest BCUT2D eigenvalue weighted by Gasteiger charge is -2.06. The van der Waals surface area contributed by atoms with Gasteiger partial charge in [-0.25, -0.2) is 4.98 Å². The third-order valence-corrected chi connectivity index (χ3v) is 5.68. The SMILES string of the molecule is COc1ccc2nc(-c3ccc(NC(=O)c4ccc([N+](=O)[O-])c([N+](=O)[O-])c4)cc3)sc2c1. The number of thiazole rings is 1. The van der Waals surface area contributed by atoms with Gasteiger partial charge < -0.3 is 10.1 Å². The highest BCUT2D eigenvalue weighted by molar-refractivity contribution is 7.21. The molecular formula is C21H14N4O6S. The summed E-state index contributed by atoms with van der Waals surface area (Å²) in [6.45, 7) is 0. The number of aromatic nitrogens is 1. The van der Waals surface area contributed by atoms with Gasteiger partial charge in [0.1, 0.15) is 10.8 Å². The van der Waals surface area contributed by atoms with Crippen molar-refractivity contribution in [3.05, 3.63) is 86.5 Å². The number of benzene rings is 3. The summed E-state index contributed by atoms with van der Waals surface area (Å²) in [4.78, 5) is 37.3. The summed E-state index contributed by atoms with van der Waals surface area (Å²) in [7, 11) is 1.60. The number of ether oxygens (including phenoxy) is 1. The Hall–Kier alpha value is -4.38. The standard InChI is InChI=1S/C21H14N4O6S/c1-31-15-7-8-16-19(11-15)32-21(23-16)12-2-5-14(6-3-12)22-20(26)13-4-9-17(24(27)28)18(10-13)25(29)30/h2-11H,1H3,(H,22,26). The van der Waals surface area contributed by atoms with Crippen LogP contribution in [0, 0.1) is 20.2 Å². The number of nitro groups is 2. The Kier molecular flexibility index (Phi) is 5.48. The van der Waals surface area contributed by atoms with Crippen molar-refractivity contribution >= 4 is 44.5 Å². The second kappa shape index (κ2) is 8.40. The fourth-order valence-electron chi connectivity index (χ4n) is 3.02. The third-order valence-electron chi connectivity index (χ3n) is 4.62. The van der Waals surface area contributed by atoms with Gasteiger partial charge in [0.05, 0.1) is 27.2 Å². The Morgan fingerprint density at radius 2 is 1.69 bits per heavy atom. The van der Waals surface area contributed by atoms with E-state index in [1.807, 2.05) is 18.2 Å². The molecule has 0 aliphatic rings.